The number of esters is 1. The van der Waals surface area contributed by atoms with Gasteiger partial charge in [0.2, 0.25) is 0 Å². The molecule has 2 saturated carbocycles. The van der Waals surface area contributed by atoms with Gasteiger partial charge in [0.15, 0.2) is 0 Å². The third kappa shape index (κ3) is 2.69. The third-order valence-electron chi connectivity index (χ3n) is 6.60. The van der Waals surface area contributed by atoms with Crippen molar-refractivity contribution in [3.05, 3.63) is 36.0 Å². The monoisotopic (exact) mass is 316 g/mol. The Balaban J connectivity index is 1.89. The summed E-state index contributed by atoms with van der Waals surface area (Å²) in [4.78, 5) is 11.2. The number of hydrogen-bond acceptors (Lipinski definition) is 3. The fraction of sp³-hybridized carbons (Fsp3) is 0.650. The molecule has 3 aliphatic rings. The molecule has 0 bridgehead atoms. The Morgan fingerprint density at radius 1 is 1.35 bits per heavy atom. The zero-order chi connectivity index (χ0) is 16.8. The molecule has 0 aromatic heterocycles. The molecule has 0 aromatic carbocycles. The number of aliphatic hydroxyl groups excluding tert-OH is 1. The van der Waals surface area contributed by atoms with Crippen LogP contribution in [0.4, 0.5) is 0 Å². The molecule has 0 aromatic rings. The molecule has 4 atom stereocenters. The second-order valence-electron chi connectivity index (χ2n) is 8.29. The number of aliphatic hydroxyl groups is 1. The summed E-state index contributed by atoms with van der Waals surface area (Å²) in [6.45, 7) is 11.5. The molecule has 1 N–H and O–H groups in total. The second-order valence-corrected chi connectivity index (χ2v) is 8.29. The standard InChI is InChI=1S/C20H28O3/c1-13-5-8-16-19(2,3)17(21)9-10-20(16,4)15(13)7-6-14-11-18(22)23-12-14/h6-7,11,15-17,21H,1,5,8-10,12H2,2-4H3/b7-6+/t15-,16-,17-,20+/m0/s1. The van der Waals surface area contributed by atoms with Gasteiger partial charge in [0, 0.05) is 12.0 Å². The minimum absolute atomic E-state index is 0.0640. The summed E-state index contributed by atoms with van der Waals surface area (Å²) in [6.07, 6.45) is 9.58. The van der Waals surface area contributed by atoms with Crippen molar-refractivity contribution in [3.63, 3.8) is 0 Å². The van der Waals surface area contributed by atoms with Crippen LogP contribution in [0, 0.1) is 22.7 Å². The first-order valence-corrected chi connectivity index (χ1v) is 8.66. The highest BCUT2D eigenvalue weighted by atomic mass is 16.5. The fourth-order valence-corrected chi connectivity index (χ4v) is 5.16. The molecular formula is C20H28O3. The first-order chi connectivity index (χ1) is 10.7. The number of ether oxygens (including phenoxy) is 1. The van der Waals surface area contributed by atoms with Crippen molar-refractivity contribution in [2.75, 3.05) is 6.61 Å². The third-order valence-corrected chi connectivity index (χ3v) is 6.60. The van der Waals surface area contributed by atoms with Gasteiger partial charge in [-0.1, -0.05) is 45.1 Å². The van der Waals surface area contributed by atoms with Crippen molar-refractivity contribution in [3.8, 4) is 0 Å². The van der Waals surface area contributed by atoms with Gasteiger partial charge in [-0.05, 0) is 48.0 Å². The molecule has 2 aliphatic carbocycles. The van der Waals surface area contributed by atoms with Crippen molar-refractivity contribution in [1.29, 1.82) is 0 Å². The Labute approximate surface area is 139 Å². The molecule has 0 amide bonds. The quantitative estimate of drug-likeness (QED) is 0.623. The Morgan fingerprint density at radius 3 is 2.74 bits per heavy atom. The number of cyclic esters (lactones) is 1. The van der Waals surface area contributed by atoms with Gasteiger partial charge in [-0.3, -0.25) is 0 Å². The van der Waals surface area contributed by atoms with Crippen LogP contribution in [0.5, 0.6) is 0 Å². The average molecular weight is 316 g/mol. The Hall–Kier alpha value is -1.35. The van der Waals surface area contributed by atoms with E-state index in [1.54, 1.807) is 6.08 Å². The van der Waals surface area contributed by atoms with Crippen LogP contribution < -0.4 is 0 Å². The molecule has 0 radical (unpaired) electrons. The van der Waals surface area contributed by atoms with E-state index in [4.69, 9.17) is 4.74 Å². The lowest BCUT2D eigenvalue weighted by Crippen LogP contribution is -2.54. The molecule has 3 rings (SSSR count). The van der Waals surface area contributed by atoms with Crippen LogP contribution in [-0.4, -0.2) is 23.8 Å². The maximum absolute atomic E-state index is 11.2. The maximum atomic E-state index is 11.2. The lowest BCUT2D eigenvalue weighted by Gasteiger charge is -2.59. The molecule has 1 heterocycles. The van der Waals surface area contributed by atoms with Gasteiger partial charge in [-0.2, -0.15) is 0 Å². The molecule has 0 spiro atoms. The van der Waals surface area contributed by atoms with Gasteiger partial charge in [-0.25, -0.2) is 4.79 Å². The van der Waals surface area contributed by atoms with Gasteiger partial charge in [0.25, 0.3) is 0 Å². The van der Waals surface area contributed by atoms with Crippen molar-refractivity contribution >= 4 is 5.97 Å². The van der Waals surface area contributed by atoms with E-state index in [9.17, 15) is 9.90 Å². The van der Waals surface area contributed by atoms with Crippen molar-refractivity contribution in [2.24, 2.45) is 22.7 Å². The molecule has 1 aliphatic heterocycles. The van der Waals surface area contributed by atoms with E-state index in [1.807, 2.05) is 6.08 Å². The summed E-state index contributed by atoms with van der Waals surface area (Å²) in [5.41, 5.74) is 2.27. The second kappa shape index (κ2) is 5.62. The molecular weight excluding hydrogens is 288 g/mol. The van der Waals surface area contributed by atoms with Gasteiger partial charge >= 0.3 is 5.97 Å². The summed E-state index contributed by atoms with van der Waals surface area (Å²) in [5.74, 6) is 0.525. The van der Waals surface area contributed by atoms with Crippen molar-refractivity contribution in [2.45, 2.75) is 52.6 Å². The number of rotatable bonds is 2. The SMILES string of the molecule is C=C1CC[C@H]2C(C)(C)[C@@H](O)CC[C@]2(C)[C@H]1/C=C/C1=CC(=O)OC1. The van der Waals surface area contributed by atoms with Crippen LogP contribution in [0.25, 0.3) is 0 Å². The lowest BCUT2D eigenvalue weighted by molar-refractivity contribution is -0.134. The predicted molar refractivity (Wildman–Crippen MR) is 90.7 cm³/mol. The number of fused-ring (bicyclic) bond motifs is 1. The van der Waals surface area contributed by atoms with E-state index in [-0.39, 0.29) is 22.9 Å². The van der Waals surface area contributed by atoms with E-state index >= 15 is 0 Å². The van der Waals surface area contributed by atoms with E-state index < -0.39 is 0 Å². The minimum atomic E-state index is -0.252. The van der Waals surface area contributed by atoms with Gasteiger partial charge < -0.3 is 9.84 Å². The van der Waals surface area contributed by atoms with E-state index in [0.29, 0.717) is 18.4 Å². The molecule has 23 heavy (non-hydrogen) atoms. The van der Waals surface area contributed by atoms with Crippen LogP contribution in [0.15, 0.2) is 36.0 Å². The van der Waals surface area contributed by atoms with Crippen LogP contribution >= 0.6 is 0 Å². The Morgan fingerprint density at radius 2 is 2.09 bits per heavy atom. The molecule has 2 fully saturated rings. The minimum Gasteiger partial charge on any atom is -0.458 e. The lowest BCUT2D eigenvalue weighted by atomic mass is 9.47. The first kappa shape index (κ1) is 16.5. The highest BCUT2D eigenvalue weighted by Crippen LogP contribution is 2.61. The highest BCUT2D eigenvalue weighted by Gasteiger charge is 2.55. The smallest absolute Gasteiger partial charge is 0.331 e. The normalized spacial score (nSPS) is 40.0. The molecule has 0 unspecified atom stereocenters. The largest absolute Gasteiger partial charge is 0.458 e. The van der Waals surface area contributed by atoms with Gasteiger partial charge in [0.1, 0.15) is 6.61 Å². The van der Waals surface area contributed by atoms with E-state index in [2.05, 4.69) is 33.4 Å². The Kier molecular flexibility index (Phi) is 4.04. The van der Waals surface area contributed by atoms with Gasteiger partial charge in [-0.15, -0.1) is 0 Å². The topological polar surface area (TPSA) is 46.5 Å². The maximum Gasteiger partial charge on any atom is 0.331 e. The average Bonchev–Trinajstić information content (AvgIpc) is 2.88. The van der Waals surface area contributed by atoms with Crippen LogP contribution in [-0.2, 0) is 9.53 Å². The summed E-state index contributed by atoms with van der Waals surface area (Å²) < 4.78 is 4.97. The van der Waals surface area contributed by atoms with Gasteiger partial charge in [0.05, 0.1) is 6.10 Å². The van der Waals surface area contributed by atoms with E-state index in [1.165, 1.54) is 5.57 Å². The van der Waals surface area contributed by atoms with Crippen LogP contribution in [0.2, 0.25) is 0 Å². The molecule has 3 heteroatoms. The number of carbonyl (C=O) groups excluding carboxylic acids is 1. The molecule has 0 saturated heterocycles. The predicted octanol–water partition coefficient (Wildman–Crippen LogP) is 3.80. The zero-order valence-electron chi connectivity index (χ0n) is 14.5. The summed E-state index contributed by atoms with van der Waals surface area (Å²) in [6, 6.07) is 0. The first-order valence-electron chi connectivity index (χ1n) is 8.66. The molecule has 3 nitrogen and oxygen atoms in total. The van der Waals surface area contributed by atoms with Crippen molar-refractivity contribution < 1.29 is 14.6 Å². The van der Waals surface area contributed by atoms with Crippen molar-refractivity contribution in [1.82, 2.24) is 0 Å². The number of carbonyl (C=O) groups is 1. The van der Waals surface area contributed by atoms with Crippen LogP contribution in [0.3, 0.4) is 0 Å². The molecule has 126 valence electrons. The van der Waals surface area contributed by atoms with E-state index in [0.717, 1.165) is 31.3 Å². The van der Waals surface area contributed by atoms with Crippen LogP contribution in [0.1, 0.15) is 46.5 Å². The zero-order valence-corrected chi connectivity index (χ0v) is 14.5. The Bertz CT molecular complexity index is 584. The summed E-state index contributed by atoms with van der Waals surface area (Å²) >= 11 is 0. The number of allylic oxidation sites excluding steroid dienone is 2. The highest BCUT2D eigenvalue weighted by molar-refractivity contribution is 5.85. The summed E-state index contributed by atoms with van der Waals surface area (Å²) in [7, 11) is 0. The number of hydrogen-bond donors (Lipinski definition) is 1. The summed E-state index contributed by atoms with van der Waals surface area (Å²) in [5, 5.41) is 10.5. The fourth-order valence-electron chi connectivity index (χ4n) is 5.16.